The number of rotatable bonds is 3. The van der Waals surface area contributed by atoms with E-state index in [2.05, 4.69) is 5.10 Å². The fourth-order valence-corrected chi connectivity index (χ4v) is 2.65. The fourth-order valence-electron chi connectivity index (χ4n) is 2.65. The van der Waals surface area contributed by atoms with E-state index in [4.69, 9.17) is 4.42 Å². The van der Waals surface area contributed by atoms with Crippen molar-refractivity contribution in [3.8, 4) is 11.3 Å². The number of hydrogen-bond acceptors (Lipinski definition) is 3. The summed E-state index contributed by atoms with van der Waals surface area (Å²) in [6.45, 7) is 0. The summed E-state index contributed by atoms with van der Waals surface area (Å²) in [5.41, 5.74) is 2.23. The third-order valence-electron chi connectivity index (χ3n) is 3.63. The SMILES string of the molecule is O=Cc1cn(C2CCCCC2)nc1-c1ccoc1. The number of carbonyl (C=O) groups is 1. The zero-order chi connectivity index (χ0) is 12.4. The molecule has 0 aromatic carbocycles. The molecule has 0 radical (unpaired) electrons. The van der Waals surface area contributed by atoms with E-state index in [-0.39, 0.29) is 0 Å². The molecule has 4 heteroatoms. The van der Waals surface area contributed by atoms with Crippen LogP contribution in [0.4, 0.5) is 0 Å². The summed E-state index contributed by atoms with van der Waals surface area (Å²) in [6.07, 6.45) is 12.1. The van der Waals surface area contributed by atoms with Crippen LogP contribution in [0, 0.1) is 0 Å². The molecule has 0 bridgehead atoms. The van der Waals surface area contributed by atoms with Crippen LogP contribution in [-0.2, 0) is 0 Å². The number of furan rings is 1. The van der Waals surface area contributed by atoms with Gasteiger partial charge in [0.05, 0.1) is 24.1 Å². The Hall–Kier alpha value is -1.84. The molecule has 94 valence electrons. The maximum Gasteiger partial charge on any atom is 0.153 e. The molecule has 0 N–H and O–H groups in total. The number of hydrogen-bond donors (Lipinski definition) is 0. The lowest BCUT2D eigenvalue weighted by Gasteiger charge is -2.21. The third kappa shape index (κ3) is 1.98. The first-order chi connectivity index (χ1) is 8.88. The molecule has 0 spiro atoms. The maximum atomic E-state index is 11.1. The van der Waals surface area contributed by atoms with E-state index in [9.17, 15) is 4.79 Å². The molecule has 0 aliphatic heterocycles. The molecule has 4 nitrogen and oxygen atoms in total. The molecule has 1 aliphatic carbocycles. The number of nitrogens with zero attached hydrogens (tertiary/aromatic N) is 2. The second-order valence-electron chi connectivity index (χ2n) is 4.83. The quantitative estimate of drug-likeness (QED) is 0.777. The van der Waals surface area contributed by atoms with Gasteiger partial charge < -0.3 is 4.42 Å². The zero-order valence-electron chi connectivity index (χ0n) is 10.2. The fraction of sp³-hybridized carbons (Fsp3) is 0.429. The average molecular weight is 244 g/mol. The van der Waals surface area contributed by atoms with Crippen LogP contribution in [0.3, 0.4) is 0 Å². The van der Waals surface area contributed by atoms with Crippen molar-refractivity contribution in [2.45, 2.75) is 38.1 Å². The summed E-state index contributed by atoms with van der Waals surface area (Å²) in [5.74, 6) is 0. The second kappa shape index (κ2) is 4.80. The van der Waals surface area contributed by atoms with E-state index in [1.54, 1.807) is 12.5 Å². The predicted octanol–water partition coefficient (Wildman–Crippen LogP) is 3.46. The van der Waals surface area contributed by atoms with Crippen molar-refractivity contribution < 1.29 is 9.21 Å². The highest BCUT2D eigenvalue weighted by Crippen LogP contribution is 2.30. The highest BCUT2D eigenvalue weighted by molar-refractivity contribution is 5.85. The summed E-state index contributed by atoms with van der Waals surface area (Å²) >= 11 is 0. The van der Waals surface area contributed by atoms with E-state index in [1.165, 1.54) is 19.3 Å². The Labute approximate surface area is 106 Å². The molecule has 18 heavy (non-hydrogen) atoms. The minimum Gasteiger partial charge on any atom is -0.472 e. The van der Waals surface area contributed by atoms with E-state index in [0.717, 1.165) is 30.4 Å². The van der Waals surface area contributed by atoms with Gasteiger partial charge in [-0.3, -0.25) is 9.48 Å². The molecule has 0 saturated heterocycles. The Bertz CT molecular complexity index is 522. The van der Waals surface area contributed by atoms with Crippen LogP contribution in [-0.4, -0.2) is 16.1 Å². The maximum absolute atomic E-state index is 11.1. The van der Waals surface area contributed by atoms with E-state index < -0.39 is 0 Å². The first-order valence-corrected chi connectivity index (χ1v) is 6.45. The monoisotopic (exact) mass is 244 g/mol. The van der Waals surface area contributed by atoms with Gasteiger partial charge in [0.1, 0.15) is 5.69 Å². The minimum atomic E-state index is 0.443. The highest BCUT2D eigenvalue weighted by atomic mass is 16.3. The average Bonchev–Trinajstić information content (AvgIpc) is 3.08. The Morgan fingerprint density at radius 3 is 2.83 bits per heavy atom. The highest BCUT2D eigenvalue weighted by Gasteiger charge is 2.19. The normalized spacial score (nSPS) is 16.9. The first-order valence-electron chi connectivity index (χ1n) is 6.45. The van der Waals surface area contributed by atoms with Gasteiger partial charge in [-0.2, -0.15) is 5.10 Å². The van der Waals surface area contributed by atoms with Crippen LogP contribution in [0.2, 0.25) is 0 Å². The molecule has 2 aromatic rings. The van der Waals surface area contributed by atoms with Gasteiger partial charge in [0, 0.05) is 11.8 Å². The second-order valence-corrected chi connectivity index (χ2v) is 4.83. The van der Waals surface area contributed by atoms with Gasteiger partial charge in [-0.1, -0.05) is 19.3 Å². The molecule has 1 saturated carbocycles. The van der Waals surface area contributed by atoms with Gasteiger partial charge in [0.15, 0.2) is 6.29 Å². The molecule has 0 amide bonds. The van der Waals surface area contributed by atoms with Crippen LogP contribution < -0.4 is 0 Å². The van der Waals surface area contributed by atoms with Gasteiger partial charge in [-0.15, -0.1) is 0 Å². The van der Waals surface area contributed by atoms with Gasteiger partial charge in [0.25, 0.3) is 0 Å². The first kappa shape index (κ1) is 11.3. The molecule has 3 rings (SSSR count). The molecule has 0 unspecified atom stereocenters. The summed E-state index contributed by atoms with van der Waals surface area (Å²) in [5, 5.41) is 4.57. The van der Waals surface area contributed by atoms with Crippen molar-refractivity contribution in [2.75, 3.05) is 0 Å². The molecular weight excluding hydrogens is 228 g/mol. The van der Waals surface area contributed by atoms with Gasteiger partial charge in [-0.05, 0) is 18.9 Å². The number of aldehydes is 1. The van der Waals surface area contributed by atoms with Crippen LogP contribution in [0.25, 0.3) is 11.3 Å². The Kier molecular flexibility index (Phi) is 3.00. The molecule has 1 aliphatic rings. The van der Waals surface area contributed by atoms with E-state index in [0.29, 0.717) is 11.6 Å². The summed E-state index contributed by atoms with van der Waals surface area (Å²) in [7, 11) is 0. The van der Waals surface area contributed by atoms with Crippen molar-refractivity contribution in [3.05, 3.63) is 30.4 Å². The smallest absolute Gasteiger partial charge is 0.153 e. The standard InChI is InChI=1S/C14H16N2O2/c17-9-12-8-16(13-4-2-1-3-5-13)15-14(12)11-6-7-18-10-11/h6-10,13H,1-5H2. The van der Waals surface area contributed by atoms with Crippen molar-refractivity contribution in [1.82, 2.24) is 9.78 Å². The van der Waals surface area contributed by atoms with Crippen LogP contribution in [0.15, 0.2) is 29.2 Å². The van der Waals surface area contributed by atoms with Crippen molar-refractivity contribution >= 4 is 6.29 Å². The molecule has 0 atom stereocenters. The Balaban J connectivity index is 1.95. The van der Waals surface area contributed by atoms with Crippen molar-refractivity contribution in [1.29, 1.82) is 0 Å². The lowest BCUT2D eigenvalue weighted by Crippen LogP contribution is -2.13. The number of carbonyl (C=O) groups excluding carboxylic acids is 1. The Morgan fingerprint density at radius 2 is 2.17 bits per heavy atom. The lowest BCUT2D eigenvalue weighted by molar-refractivity contribution is 0.112. The van der Waals surface area contributed by atoms with Crippen molar-refractivity contribution in [3.63, 3.8) is 0 Å². The van der Waals surface area contributed by atoms with Crippen LogP contribution >= 0.6 is 0 Å². The van der Waals surface area contributed by atoms with Crippen molar-refractivity contribution in [2.24, 2.45) is 0 Å². The summed E-state index contributed by atoms with van der Waals surface area (Å²) in [4.78, 5) is 11.1. The van der Waals surface area contributed by atoms with Crippen LogP contribution in [0.5, 0.6) is 0 Å². The van der Waals surface area contributed by atoms with E-state index >= 15 is 0 Å². The summed E-state index contributed by atoms with van der Waals surface area (Å²) < 4.78 is 7.02. The van der Waals surface area contributed by atoms with Crippen LogP contribution in [0.1, 0.15) is 48.5 Å². The Morgan fingerprint density at radius 1 is 1.33 bits per heavy atom. The lowest BCUT2D eigenvalue weighted by atomic mass is 9.96. The largest absolute Gasteiger partial charge is 0.472 e. The molecule has 1 fully saturated rings. The molecule has 2 aromatic heterocycles. The summed E-state index contributed by atoms with van der Waals surface area (Å²) in [6, 6.07) is 2.28. The third-order valence-corrected chi connectivity index (χ3v) is 3.63. The molecular formula is C14H16N2O2. The number of aromatic nitrogens is 2. The van der Waals surface area contributed by atoms with Gasteiger partial charge in [0.2, 0.25) is 0 Å². The zero-order valence-corrected chi connectivity index (χ0v) is 10.2. The van der Waals surface area contributed by atoms with Gasteiger partial charge >= 0.3 is 0 Å². The van der Waals surface area contributed by atoms with E-state index in [1.807, 2.05) is 16.9 Å². The predicted molar refractivity (Wildman–Crippen MR) is 67.4 cm³/mol. The van der Waals surface area contributed by atoms with Gasteiger partial charge in [-0.25, -0.2) is 0 Å². The topological polar surface area (TPSA) is 48.0 Å². The minimum absolute atomic E-state index is 0.443. The molecule has 2 heterocycles.